The van der Waals surface area contributed by atoms with Gasteiger partial charge in [-0.25, -0.2) is 20.0 Å². The van der Waals surface area contributed by atoms with Crippen molar-refractivity contribution >= 4 is 24.4 Å². The fourth-order valence-electron chi connectivity index (χ4n) is 5.93. The van der Waals surface area contributed by atoms with Crippen molar-refractivity contribution in [3.8, 4) is 11.5 Å². The number of carbonyl (C=O) groups excluding carboxylic acids is 2. The van der Waals surface area contributed by atoms with E-state index >= 15 is 0 Å². The standard InChI is InChI=1S/C35H39F3N8O5/c1-5-27(39-3)30(44-11-13-45(14-12-44)33(49)29-31(48)21(2)41-20-42-29)34(50)46(18-24-8-9-26(17-28(24)47)35(36,37)38)43-32(40-4)23-6-7-25-19-51-15-10-22(25)16-23/h6-9,16-17,20,39,47-48H,4-5,10-15,18-19H2,1-3H3/b30-27+,43-32-. The smallest absolute Gasteiger partial charge is 0.416 e. The molecule has 2 aliphatic rings. The monoisotopic (exact) mass is 708 g/mol. The van der Waals surface area contributed by atoms with Crippen LogP contribution in [0.2, 0.25) is 0 Å². The SMILES string of the molecule is C=N/C(=N\N(Cc1ccc(C(F)(F)F)cc1O)C(=O)/C(=C(/CC)NC)N1CCN(C(=O)c2ncnc(C)c2O)CC1)c1ccc2c(c1)CCOC2. The van der Waals surface area contributed by atoms with E-state index in [1.807, 2.05) is 19.1 Å². The number of hydrogen-bond acceptors (Lipinski definition) is 10. The van der Waals surface area contributed by atoms with Crippen LogP contribution in [0.15, 0.2) is 64.2 Å². The number of phenols is 1. The van der Waals surface area contributed by atoms with Crippen LogP contribution in [0.25, 0.3) is 0 Å². The average molecular weight is 709 g/mol. The van der Waals surface area contributed by atoms with Gasteiger partial charge < -0.3 is 30.1 Å². The molecule has 3 N–H and O–H groups in total. The molecule has 2 aliphatic heterocycles. The Morgan fingerprint density at radius 2 is 1.78 bits per heavy atom. The van der Waals surface area contributed by atoms with Gasteiger partial charge in [-0.3, -0.25) is 9.59 Å². The first-order chi connectivity index (χ1) is 24.4. The van der Waals surface area contributed by atoms with Gasteiger partial charge in [0.2, 0.25) is 0 Å². The van der Waals surface area contributed by atoms with Crippen LogP contribution in [-0.2, 0) is 35.3 Å². The van der Waals surface area contributed by atoms with E-state index in [-0.39, 0.29) is 60.4 Å². The third kappa shape index (κ3) is 8.11. The molecule has 2 amide bonds. The molecule has 16 heteroatoms. The van der Waals surface area contributed by atoms with Crippen molar-refractivity contribution in [1.82, 2.24) is 30.1 Å². The van der Waals surface area contributed by atoms with E-state index in [4.69, 9.17) is 4.74 Å². The Morgan fingerprint density at radius 1 is 1.06 bits per heavy atom. The van der Waals surface area contributed by atoms with Gasteiger partial charge in [-0.2, -0.15) is 13.2 Å². The molecule has 1 saturated heterocycles. The second-order valence-electron chi connectivity index (χ2n) is 11.9. The summed E-state index contributed by atoms with van der Waals surface area (Å²) in [4.78, 5) is 43.2. The van der Waals surface area contributed by atoms with Crippen molar-refractivity contribution in [2.75, 3.05) is 39.8 Å². The predicted octanol–water partition coefficient (Wildman–Crippen LogP) is 3.98. The second kappa shape index (κ2) is 15.6. The Labute approximate surface area is 292 Å². The summed E-state index contributed by atoms with van der Waals surface area (Å²) in [7, 11) is 1.66. The molecule has 5 rings (SSSR count). The molecule has 0 aliphatic carbocycles. The number of phenolic OH excluding ortho intramolecular Hbond substituents is 1. The van der Waals surface area contributed by atoms with Gasteiger partial charge in [0.05, 0.1) is 31.0 Å². The van der Waals surface area contributed by atoms with Crippen LogP contribution in [0, 0.1) is 6.92 Å². The van der Waals surface area contributed by atoms with Crippen LogP contribution >= 0.6 is 0 Å². The first kappa shape index (κ1) is 36.8. The molecule has 0 radical (unpaired) electrons. The number of hydrogen-bond donors (Lipinski definition) is 3. The minimum Gasteiger partial charge on any atom is -0.508 e. The summed E-state index contributed by atoms with van der Waals surface area (Å²) in [5, 5.41) is 29.8. The molecule has 51 heavy (non-hydrogen) atoms. The van der Waals surface area contributed by atoms with Crippen molar-refractivity contribution < 1.29 is 37.7 Å². The molecule has 0 unspecified atom stereocenters. The van der Waals surface area contributed by atoms with E-state index in [1.165, 1.54) is 11.2 Å². The molecule has 0 atom stereocenters. The summed E-state index contributed by atoms with van der Waals surface area (Å²) in [5.74, 6) is -1.99. The third-order valence-electron chi connectivity index (χ3n) is 8.80. The van der Waals surface area contributed by atoms with Gasteiger partial charge in [-0.1, -0.05) is 25.1 Å². The molecule has 2 aromatic carbocycles. The van der Waals surface area contributed by atoms with Crippen LogP contribution < -0.4 is 5.32 Å². The Kier molecular flexibility index (Phi) is 11.2. The number of allylic oxidation sites excluding steroid dienone is 1. The van der Waals surface area contributed by atoms with Crippen LogP contribution in [-0.4, -0.2) is 99.2 Å². The van der Waals surface area contributed by atoms with E-state index in [9.17, 15) is 33.0 Å². The molecule has 3 heterocycles. The largest absolute Gasteiger partial charge is 0.508 e. The number of fused-ring (bicyclic) bond motifs is 1. The normalized spacial score (nSPS) is 15.5. The lowest BCUT2D eigenvalue weighted by molar-refractivity contribution is -0.137. The summed E-state index contributed by atoms with van der Waals surface area (Å²) in [6.45, 7) is 8.46. The first-order valence-corrected chi connectivity index (χ1v) is 16.3. The number of aromatic hydroxyl groups is 2. The molecule has 3 aromatic rings. The number of halogens is 3. The minimum atomic E-state index is -4.69. The van der Waals surface area contributed by atoms with Gasteiger partial charge in [-0.15, -0.1) is 5.10 Å². The molecule has 1 fully saturated rings. The number of rotatable bonds is 9. The molecule has 1 aromatic heterocycles. The van der Waals surface area contributed by atoms with Crippen molar-refractivity contribution in [1.29, 1.82) is 0 Å². The molecule has 270 valence electrons. The van der Waals surface area contributed by atoms with E-state index in [1.54, 1.807) is 24.9 Å². The quantitative estimate of drug-likeness (QED) is 0.130. The number of carbonyl (C=O) groups is 2. The number of alkyl halides is 3. The van der Waals surface area contributed by atoms with Crippen LogP contribution in [0.5, 0.6) is 11.5 Å². The molecule has 0 bridgehead atoms. The number of nitrogens with one attached hydrogen (secondary N) is 1. The fraction of sp³-hybridized carbons (Fsp3) is 0.371. The van der Waals surface area contributed by atoms with E-state index < -0.39 is 35.8 Å². The summed E-state index contributed by atoms with van der Waals surface area (Å²) < 4.78 is 45.8. The molecule has 0 spiro atoms. The number of aryl methyl sites for hydroxylation is 1. The number of ether oxygens (including phenoxy) is 1. The lowest BCUT2D eigenvalue weighted by Gasteiger charge is -2.38. The Hall–Kier alpha value is -5.51. The van der Waals surface area contributed by atoms with Gasteiger partial charge in [0.25, 0.3) is 11.8 Å². The molecule has 0 saturated carbocycles. The zero-order valence-electron chi connectivity index (χ0n) is 28.5. The Balaban J connectivity index is 1.51. The van der Waals surface area contributed by atoms with E-state index in [2.05, 4.69) is 32.1 Å². The summed E-state index contributed by atoms with van der Waals surface area (Å²) in [5.41, 5.74) is 2.47. The Bertz CT molecular complexity index is 1870. The number of amides is 2. The third-order valence-corrected chi connectivity index (χ3v) is 8.80. The Morgan fingerprint density at radius 3 is 2.43 bits per heavy atom. The highest BCUT2D eigenvalue weighted by Crippen LogP contribution is 2.33. The lowest BCUT2D eigenvalue weighted by atomic mass is 10.00. The van der Waals surface area contributed by atoms with Gasteiger partial charge in [0, 0.05) is 50.1 Å². The van der Waals surface area contributed by atoms with E-state index in [0.29, 0.717) is 43.4 Å². The number of benzene rings is 2. The number of hydrazone groups is 1. The lowest BCUT2D eigenvalue weighted by Crippen LogP contribution is -2.51. The van der Waals surface area contributed by atoms with Crippen molar-refractivity contribution in [2.24, 2.45) is 10.1 Å². The molecular weight excluding hydrogens is 669 g/mol. The van der Waals surface area contributed by atoms with Gasteiger partial charge in [-0.05, 0) is 55.8 Å². The highest BCUT2D eigenvalue weighted by molar-refractivity contribution is 6.03. The molecule has 13 nitrogen and oxygen atoms in total. The topological polar surface area (TPSA) is 156 Å². The number of piperazine rings is 1. The summed E-state index contributed by atoms with van der Waals surface area (Å²) >= 11 is 0. The van der Waals surface area contributed by atoms with Gasteiger partial charge >= 0.3 is 6.18 Å². The number of nitrogens with zero attached hydrogens (tertiary/aromatic N) is 7. The van der Waals surface area contributed by atoms with Gasteiger partial charge in [0.15, 0.2) is 17.3 Å². The van der Waals surface area contributed by atoms with Crippen molar-refractivity contribution in [2.45, 2.75) is 46.0 Å². The highest BCUT2D eigenvalue weighted by Gasteiger charge is 2.34. The summed E-state index contributed by atoms with van der Waals surface area (Å²) in [6.07, 6.45) is -2.43. The maximum absolute atomic E-state index is 14.7. The number of amidine groups is 1. The number of aliphatic imine (C=N–C) groups is 1. The van der Waals surface area contributed by atoms with E-state index in [0.717, 1.165) is 28.3 Å². The maximum atomic E-state index is 14.7. The van der Waals surface area contributed by atoms with Crippen LogP contribution in [0.4, 0.5) is 13.2 Å². The van der Waals surface area contributed by atoms with Crippen molar-refractivity contribution in [3.05, 3.63) is 93.3 Å². The van der Waals surface area contributed by atoms with Crippen LogP contribution in [0.3, 0.4) is 0 Å². The zero-order chi connectivity index (χ0) is 36.9. The zero-order valence-corrected chi connectivity index (χ0v) is 28.5. The minimum absolute atomic E-state index is 0.0170. The second-order valence-corrected chi connectivity index (χ2v) is 11.9. The maximum Gasteiger partial charge on any atom is 0.416 e. The fourth-order valence-corrected chi connectivity index (χ4v) is 5.93. The highest BCUT2D eigenvalue weighted by atomic mass is 19.4. The van der Waals surface area contributed by atoms with Crippen LogP contribution in [0.1, 0.15) is 57.3 Å². The average Bonchev–Trinajstić information content (AvgIpc) is 3.13. The molecular formula is C35H39F3N8O5. The number of aromatic nitrogens is 2. The summed E-state index contributed by atoms with van der Waals surface area (Å²) in [6, 6.07) is 8.07. The van der Waals surface area contributed by atoms with Gasteiger partial charge in [0.1, 0.15) is 17.8 Å². The van der Waals surface area contributed by atoms with Crippen molar-refractivity contribution in [3.63, 3.8) is 0 Å². The first-order valence-electron chi connectivity index (χ1n) is 16.3. The predicted molar refractivity (Wildman–Crippen MR) is 182 cm³/mol.